The van der Waals surface area contributed by atoms with Crippen molar-refractivity contribution >= 4 is 34.8 Å². The molecule has 0 spiro atoms. The molecule has 0 radical (unpaired) electrons. The highest BCUT2D eigenvalue weighted by Gasteiger charge is 2.40. The third-order valence-corrected chi connectivity index (χ3v) is 5.94. The Morgan fingerprint density at radius 2 is 1.40 bits per heavy atom. The number of amides is 2. The SMILES string of the molecule is O=C1C(Sc2ccccc2)=C(c2ccccc2)C(=O)N1c1ccc2c(c1)OCCO2. The van der Waals surface area contributed by atoms with Crippen LogP contribution >= 0.6 is 11.8 Å². The van der Waals surface area contributed by atoms with Gasteiger partial charge in [0.05, 0.1) is 16.2 Å². The second-order valence-corrected chi connectivity index (χ2v) is 7.84. The summed E-state index contributed by atoms with van der Waals surface area (Å²) >= 11 is 1.30. The minimum Gasteiger partial charge on any atom is -0.486 e. The maximum Gasteiger partial charge on any atom is 0.272 e. The molecule has 0 N–H and O–H groups in total. The monoisotopic (exact) mass is 415 g/mol. The summed E-state index contributed by atoms with van der Waals surface area (Å²) in [7, 11) is 0. The first-order valence-corrected chi connectivity index (χ1v) is 10.3. The fourth-order valence-electron chi connectivity index (χ4n) is 3.48. The number of benzene rings is 3. The highest BCUT2D eigenvalue weighted by molar-refractivity contribution is 8.04. The molecule has 0 atom stereocenters. The Hall–Kier alpha value is -3.51. The second kappa shape index (κ2) is 7.72. The van der Waals surface area contributed by atoms with E-state index in [1.807, 2.05) is 60.7 Å². The van der Waals surface area contributed by atoms with Crippen LogP contribution in [0, 0.1) is 0 Å². The van der Waals surface area contributed by atoms with E-state index in [9.17, 15) is 9.59 Å². The van der Waals surface area contributed by atoms with Crippen molar-refractivity contribution in [2.24, 2.45) is 0 Å². The van der Waals surface area contributed by atoms with Crippen LogP contribution in [0.15, 0.2) is 88.7 Å². The first-order chi connectivity index (χ1) is 14.7. The molecule has 0 bridgehead atoms. The molecular weight excluding hydrogens is 398 g/mol. The van der Waals surface area contributed by atoms with Crippen LogP contribution in [0.3, 0.4) is 0 Å². The third kappa shape index (κ3) is 3.25. The van der Waals surface area contributed by atoms with E-state index < -0.39 is 0 Å². The zero-order valence-electron chi connectivity index (χ0n) is 15.9. The highest BCUT2D eigenvalue weighted by Crippen LogP contribution is 2.43. The molecule has 0 aromatic heterocycles. The normalized spacial score (nSPS) is 15.7. The lowest BCUT2D eigenvalue weighted by Crippen LogP contribution is -2.31. The molecule has 6 heteroatoms. The molecular formula is C24H17NO4S. The van der Waals surface area contributed by atoms with E-state index in [0.29, 0.717) is 46.4 Å². The summed E-state index contributed by atoms with van der Waals surface area (Å²) in [6.07, 6.45) is 0. The van der Waals surface area contributed by atoms with Crippen LogP contribution in [0.5, 0.6) is 11.5 Å². The van der Waals surface area contributed by atoms with Crippen LogP contribution in [-0.2, 0) is 9.59 Å². The lowest BCUT2D eigenvalue weighted by molar-refractivity contribution is -0.119. The van der Waals surface area contributed by atoms with Gasteiger partial charge in [0.25, 0.3) is 11.8 Å². The van der Waals surface area contributed by atoms with E-state index in [1.165, 1.54) is 16.7 Å². The number of anilines is 1. The number of carbonyl (C=O) groups is 2. The fraction of sp³-hybridized carbons (Fsp3) is 0.0833. The molecule has 30 heavy (non-hydrogen) atoms. The molecule has 0 saturated heterocycles. The average molecular weight is 415 g/mol. The highest BCUT2D eigenvalue weighted by atomic mass is 32.2. The van der Waals surface area contributed by atoms with E-state index in [0.717, 1.165) is 4.90 Å². The van der Waals surface area contributed by atoms with Crippen molar-refractivity contribution in [3.05, 3.63) is 89.3 Å². The molecule has 3 aromatic carbocycles. The Bertz CT molecular complexity index is 1160. The summed E-state index contributed by atoms with van der Waals surface area (Å²) in [6, 6.07) is 24.0. The largest absolute Gasteiger partial charge is 0.486 e. The summed E-state index contributed by atoms with van der Waals surface area (Å²) in [5.74, 6) is 0.453. The Labute approximate surface area is 177 Å². The summed E-state index contributed by atoms with van der Waals surface area (Å²) in [4.78, 5) is 29.4. The number of hydrogen-bond donors (Lipinski definition) is 0. The third-order valence-electron chi connectivity index (χ3n) is 4.85. The Morgan fingerprint density at radius 3 is 2.13 bits per heavy atom. The molecule has 148 valence electrons. The van der Waals surface area contributed by atoms with E-state index in [1.54, 1.807) is 18.2 Å². The molecule has 2 amide bonds. The molecule has 3 aromatic rings. The lowest BCUT2D eigenvalue weighted by atomic mass is 10.1. The zero-order valence-corrected chi connectivity index (χ0v) is 16.7. The average Bonchev–Trinajstić information content (AvgIpc) is 3.04. The summed E-state index contributed by atoms with van der Waals surface area (Å²) in [6.45, 7) is 0.909. The van der Waals surface area contributed by atoms with Gasteiger partial charge in [-0.1, -0.05) is 60.3 Å². The van der Waals surface area contributed by atoms with Gasteiger partial charge in [-0.05, 0) is 29.8 Å². The summed E-state index contributed by atoms with van der Waals surface area (Å²) in [5, 5.41) is 0. The minimum absolute atomic E-state index is 0.343. The van der Waals surface area contributed by atoms with Crippen molar-refractivity contribution in [1.29, 1.82) is 0 Å². The number of ether oxygens (including phenoxy) is 2. The van der Waals surface area contributed by atoms with Crippen molar-refractivity contribution in [1.82, 2.24) is 0 Å². The quantitative estimate of drug-likeness (QED) is 0.586. The van der Waals surface area contributed by atoms with Crippen molar-refractivity contribution in [3.63, 3.8) is 0 Å². The number of imide groups is 1. The van der Waals surface area contributed by atoms with Crippen LogP contribution in [0.2, 0.25) is 0 Å². The molecule has 0 fully saturated rings. The number of nitrogens with zero attached hydrogens (tertiary/aromatic N) is 1. The predicted octanol–water partition coefficient (Wildman–Crippen LogP) is 4.53. The van der Waals surface area contributed by atoms with E-state index in [4.69, 9.17) is 9.47 Å². The number of fused-ring (bicyclic) bond motifs is 1. The van der Waals surface area contributed by atoms with Crippen LogP contribution in [0.25, 0.3) is 5.57 Å². The topological polar surface area (TPSA) is 55.8 Å². The van der Waals surface area contributed by atoms with Crippen molar-refractivity contribution in [3.8, 4) is 11.5 Å². The smallest absolute Gasteiger partial charge is 0.272 e. The van der Waals surface area contributed by atoms with Crippen LogP contribution in [0.1, 0.15) is 5.56 Å². The standard InChI is InChI=1S/C24H17NO4S/c26-23-21(16-7-3-1-4-8-16)22(30-18-9-5-2-6-10-18)24(27)25(23)17-11-12-19-20(15-17)29-14-13-28-19/h1-12,15H,13-14H2. The number of rotatable bonds is 4. The zero-order chi connectivity index (χ0) is 20.5. The summed E-state index contributed by atoms with van der Waals surface area (Å²) in [5.41, 5.74) is 1.59. The molecule has 2 aliphatic heterocycles. The number of carbonyl (C=O) groups excluding carboxylic acids is 2. The van der Waals surface area contributed by atoms with Crippen LogP contribution in [0.4, 0.5) is 5.69 Å². The van der Waals surface area contributed by atoms with Crippen molar-refractivity contribution in [2.75, 3.05) is 18.1 Å². The van der Waals surface area contributed by atoms with Gasteiger partial charge in [-0.2, -0.15) is 0 Å². The van der Waals surface area contributed by atoms with Gasteiger partial charge in [0, 0.05) is 11.0 Å². The maximum atomic E-state index is 13.4. The van der Waals surface area contributed by atoms with Gasteiger partial charge in [0.15, 0.2) is 11.5 Å². The number of thioether (sulfide) groups is 1. The molecule has 0 aliphatic carbocycles. The fourth-order valence-corrected chi connectivity index (χ4v) is 4.49. The van der Waals surface area contributed by atoms with Crippen molar-refractivity contribution in [2.45, 2.75) is 4.90 Å². The predicted molar refractivity (Wildman–Crippen MR) is 116 cm³/mol. The molecule has 5 rings (SSSR count). The molecule has 0 unspecified atom stereocenters. The maximum absolute atomic E-state index is 13.4. The first kappa shape index (κ1) is 18.5. The van der Waals surface area contributed by atoms with Gasteiger partial charge in [0.2, 0.25) is 0 Å². The Morgan fingerprint density at radius 1 is 0.733 bits per heavy atom. The number of hydrogen-bond acceptors (Lipinski definition) is 5. The van der Waals surface area contributed by atoms with Crippen molar-refractivity contribution < 1.29 is 19.1 Å². The van der Waals surface area contributed by atoms with E-state index in [-0.39, 0.29) is 11.8 Å². The summed E-state index contributed by atoms with van der Waals surface area (Å²) < 4.78 is 11.2. The van der Waals surface area contributed by atoms with Gasteiger partial charge < -0.3 is 9.47 Å². The Balaban J connectivity index is 1.58. The molecule has 2 heterocycles. The second-order valence-electron chi connectivity index (χ2n) is 6.76. The minimum atomic E-state index is -0.346. The Kier molecular flexibility index (Phi) is 4.77. The van der Waals surface area contributed by atoms with Gasteiger partial charge in [-0.3, -0.25) is 9.59 Å². The molecule has 0 saturated carbocycles. The van der Waals surface area contributed by atoms with Gasteiger partial charge >= 0.3 is 0 Å². The lowest BCUT2D eigenvalue weighted by Gasteiger charge is -2.21. The molecule has 5 nitrogen and oxygen atoms in total. The van der Waals surface area contributed by atoms with Gasteiger partial charge in [0.1, 0.15) is 13.2 Å². The van der Waals surface area contributed by atoms with E-state index >= 15 is 0 Å². The van der Waals surface area contributed by atoms with E-state index in [2.05, 4.69) is 0 Å². The molecule has 2 aliphatic rings. The van der Waals surface area contributed by atoms with Crippen LogP contribution < -0.4 is 14.4 Å². The van der Waals surface area contributed by atoms with Gasteiger partial charge in [-0.25, -0.2) is 4.90 Å². The van der Waals surface area contributed by atoms with Gasteiger partial charge in [-0.15, -0.1) is 0 Å². The van der Waals surface area contributed by atoms with Crippen LogP contribution in [-0.4, -0.2) is 25.0 Å². The first-order valence-electron chi connectivity index (χ1n) is 9.53.